The van der Waals surface area contributed by atoms with Gasteiger partial charge in [-0.2, -0.15) is 4.98 Å². The Bertz CT molecular complexity index is 1200. The predicted octanol–water partition coefficient (Wildman–Crippen LogP) is 3.89. The Hall–Kier alpha value is -2.88. The Balaban J connectivity index is 1.61. The molecule has 3 heterocycles. The number of aromatic nitrogens is 2. The number of carbonyl (C=O) groups is 1. The van der Waals surface area contributed by atoms with Crippen molar-refractivity contribution >= 4 is 34.6 Å². The Kier molecular flexibility index (Phi) is 6.71. The summed E-state index contributed by atoms with van der Waals surface area (Å²) in [5, 5.41) is 13.1. The van der Waals surface area contributed by atoms with Gasteiger partial charge in [0.15, 0.2) is 11.3 Å². The fraction of sp³-hybridized carbons (Fsp3) is 0.458. The number of rotatable bonds is 7. The second kappa shape index (κ2) is 9.40. The first-order valence-corrected chi connectivity index (χ1v) is 11.4. The molecule has 1 aliphatic heterocycles. The Labute approximate surface area is 203 Å². The summed E-state index contributed by atoms with van der Waals surface area (Å²) in [6.45, 7) is 6.91. The fourth-order valence-corrected chi connectivity index (χ4v) is 4.16. The molecule has 0 spiro atoms. The topological polar surface area (TPSA) is 110 Å². The van der Waals surface area contributed by atoms with Crippen molar-refractivity contribution in [2.75, 3.05) is 32.2 Å². The number of nitrogens with one attached hydrogen (secondary N) is 1. The number of fused-ring (bicyclic) bond motifs is 1. The monoisotopic (exact) mass is 488 g/mol. The molecular weight excluding hydrogens is 460 g/mol. The van der Waals surface area contributed by atoms with Crippen LogP contribution in [0, 0.1) is 0 Å². The molecule has 4 rings (SSSR count). The molecule has 182 valence electrons. The largest absolute Gasteiger partial charge is 0.493 e. The van der Waals surface area contributed by atoms with E-state index >= 15 is 0 Å². The van der Waals surface area contributed by atoms with E-state index in [1.807, 2.05) is 20.8 Å². The maximum absolute atomic E-state index is 13.6. The van der Waals surface area contributed by atoms with Crippen molar-refractivity contribution in [1.29, 1.82) is 0 Å². The van der Waals surface area contributed by atoms with E-state index in [1.165, 1.54) is 7.11 Å². The summed E-state index contributed by atoms with van der Waals surface area (Å²) < 4.78 is 17.4. The molecule has 1 atom stereocenters. The lowest BCUT2D eigenvalue weighted by atomic mass is 9.92. The SMILES string of the molecule is COc1cc(C(=O)N2CC(C)(CCO)OCC2(C)C)cc2nc(NCc3cc(Cl)ccn3)oc12. The number of halogens is 1. The molecule has 3 aromatic rings. The zero-order valence-electron chi connectivity index (χ0n) is 19.7. The Morgan fingerprint density at radius 3 is 2.82 bits per heavy atom. The number of amides is 1. The van der Waals surface area contributed by atoms with Gasteiger partial charge in [0.1, 0.15) is 5.52 Å². The summed E-state index contributed by atoms with van der Waals surface area (Å²) in [4.78, 5) is 24.2. The van der Waals surface area contributed by atoms with Crippen LogP contribution < -0.4 is 10.1 Å². The first-order chi connectivity index (χ1) is 16.1. The molecule has 1 fully saturated rings. The average molecular weight is 489 g/mol. The number of anilines is 1. The molecule has 1 unspecified atom stereocenters. The summed E-state index contributed by atoms with van der Waals surface area (Å²) in [7, 11) is 1.52. The summed E-state index contributed by atoms with van der Waals surface area (Å²) in [6.07, 6.45) is 2.07. The second-order valence-corrected chi connectivity index (χ2v) is 9.72. The molecule has 0 bridgehead atoms. The third-order valence-electron chi connectivity index (χ3n) is 6.01. The molecular formula is C24H29ClN4O5. The molecule has 0 radical (unpaired) electrons. The summed E-state index contributed by atoms with van der Waals surface area (Å²) >= 11 is 6.02. The van der Waals surface area contributed by atoms with Gasteiger partial charge in [-0.1, -0.05) is 11.6 Å². The van der Waals surface area contributed by atoms with Crippen LogP contribution in [0.1, 0.15) is 43.2 Å². The van der Waals surface area contributed by atoms with Crippen molar-refractivity contribution in [2.24, 2.45) is 0 Å². The first-order valence-electron chi connectivity index (χ1n) is 11.0. The van der Waals surface area contributed by atoms with Gasteiger partial charge in [-0.15, -0.1) is 0 Å². The van der Waals surface area contributed by atoms with E-state index in [0.29, 0.717) is 53.6 Å². The number of pyridine rings is 1. The van der Waals surface area contributed by atoms with E-state index in [0.717, 1.165) is 5.69 Å². The van der Waals surface area contributed by atoms with Crippen LogP contribution in [-0.2, 0) is 11.3 Å². The average Bonchev–Trinajstić information content (AvgIpc) is 3.22. The minimum atomic E-state index is -0.618. The van der Waals surface area contributed by atoms with Crippen molar-refractivity contribution in [2.45, 2.75) is 44.9 Å². The van der Waals surface area contributed by atoms with Gasteiger partial charge >= 0.3 is 0 Å². The van der Waals surface area contributed by atoms with Crippen molar-refractivity contribution in [3.05, 3.63) is 46.7 Å². The number of aliphatic hydroxyl groups excluding tert-OH is 1. The first kappa shape index (κ1) is 24.3. The maximum atomic E-state index is 13.6. The molecule has 1 amide bonds. The molecule has 9 nitrogen and oxygen atoms in total. The van der Waals surface area contributed by atoms with E-state index in [1.54, 1.807) is 35.4 Å². The molecule has 34 heavy (non-hydrogen) atoms. The number of methoxy groups -OCH3 is 1. The van der Waals surface area contributed by atoms with Crippen LogP contribution in [0.5, 0.6) is 5.75 Å². The molecule has 2 N–H and O–H groups in total. The molecule has 2 aromatic heterocycles. The predicted molar refractivity (Wildman–Crippen MR) is 128 cm³/mol. The molecule has 1 saturated heterocycles. The lowest BCUT2D eigenvalue weighted by Crippen LogP contribution is -2.62. The number of aliphatic hydroxyl groups is 1. The highest BCUT2D eigenvalue weighted by atomic mass is 35.5. The minimum absolute atomic E-state index is 0.0157. The summed E-state index contributed by atoms with van der Waals surface area (Å²) in [6, 6.07) is 7.09. The fourth-order valence-electron chi connectivity index (χ4n) is 3.98. The third-order valence-corrected chi connectivity index (χ3v) is 6.24. The van der Waals surface area contributed by atoms with E-state index < -0.39 is 11.1 Å². The lowest BCUT2D eigenvalue weighted by Gasteiger charge is -2.49. The van der Waals surface area contributed by atoms with E-state index in [2.05, 4.69) is 15.3 Å². The Morgan fingerprint density at radius 1 is 1.32 bits per heavy atom. The number of oxazole rings is 1. The van der Waals surface area contributed by atoms with Crippen LogP contribution in [-0.4, -0.2) is 63.9 Å². The van der Waals surface area contributed by atoms with E-state index in [-0.39, 0.29) is 18.5 Å². The van der Waals surface area contributed by atoms with Crippen LogP contribution in [0.15, 0.2) is 34.9 Å². The van der Waals surface area contributed by atoms with Crippen molar-refractivity contribution in [3.8, 4) is 5.75 Å². The highest BCUT2D eigenvalue weighted by Crippen LogP contribution is 2.34. The third kappa shape index (κ3) is 4.96. The van der Waals surface area contributed by atoms with Crippen LogP contribution in [0.4, 0.5) is 6.01 Å². The van der Waals surface area contributed by atoms with Gasteiger partial charge in [0, 0.05) is 29.8 Å². The van der Waals surface area contributed by atoms with Gasteiger partial charge in [0.2, 0.25) is 0 Å². The number of hydrogen-bond acceptors (Lipinski definition) is 8. The number of hydrogen-bond donors (Lipinski definition) is 2. The number of benzene rings is 1. The number of ether oxygens (including phenoxy) is 2. The zero-order chi connectivity index (χ0) is 24.5. The van der Waals surface area contributed by atoms with Gasteiger partial charge in [0.05, 0.1) is 43.6 Å². The molecule has 0 aliphatic carbocycles. The van der Waals surface area contributed by atoms with Crippen LogP contribution >= 0.6 is 11.6 Å². The highest BCUT2D eigenvalue weighted by molar-refractivity contribution is 6.30. The normalized spacial score (nSPS) is 19.9. The summed E-state index contributed by atoms with van der Waals surface area (Å²) in [5.74, 6) is 0.241. The van der Waals surface area contributed by atoms with Crippen molar-refractivity contribution < 1.29 is 23.8 Å². The van der Waals surface area contributed by atoms with Gasteiger partial charge in [0.25, 0.3) is 11.9 Å². The van der Waals surface area contributed by atoms with Gasteiger partial charge < -0.3 is 29.2 Å². The van der Waals surface area contributed by atoms with Crippen LogP contribution in [0.25, 0.3) is 11.1 Å². The molecule has 0 saturated carbocycles. The van der Waals surface area contributed by atoms with Gasteiger partial charge in [-0.05, 0) is 45.0 Å². The highest BCUT2D eigenvalue weighted by Gasteiger charge is 2.43. The van der Waals surface area contributed by atoms with Gasteiger partial charge in [-0.3, -0.25) is 9.78 Å². The number of nitrogens with zero attached hydrogens (tertiary/aromatic N) is 3. The molecule has 1 aliphatic rings. The second-order valence-electron chi connectivity index (χ2n) is 9.28. The van der Waals surface area contributed by atoms with Crippen LogP contribution in [0.3, 0.4) is 0 Å². The Morgan fingerprint density at radius 2 is 2.12 bits per heavy atom. The van der Waals surface area contributed by atoms with Crippen molar-refractivity contribution in [1.82, 2.24) is 14.9 Å². The quantitative estimate of drug-likeness (QED) is 0.515. The van der Waals surface area contributed by atoms with E-state index in [9.17, 15) is 9.90 Å². The van der Waals surface area contributed by atoms with Crippen LogP contribution in [0.2, 0.25) is 5.02 Å². The standard InChI is InChI=1S/C24H29ClN4O5/c1-23(2)14-33-24(3,6-8-30)13-29(23)21(31)15-9-18-20(19(10-15)32-4)34-22(28-18)27-12-17-11-16(25)5-7-26-17/h5,7,9-11,30H,6,8,12-14H2,1-4H3,(H,27,28). The molecule has 10 heteroatoms. The van der Waals surface area contributed by atoms with E-state index in [4.69, 9.17) is 25.5 Å². The smallest absolute Gasteiger partial charge is 0.296 e. The van der Waals surface area contributed by atoms with Gasteiger partial charge in [-0.25, -0.2) is 0 Å². The van der Waals surface area contributed by atoms with Crippen molar-refractivity contribution in [3.63, 3.8) is 0 Å². The lowest BCUT2D eigenvalue weighted by molar-refractivity contribution is -0.144. The molecule has 1 aromatic carbocycles. The minimum Gasteiger partial charge on any atom is -0.493 e. The maximum Gasteiger partial charge on any atom is 0.296 e. The summed E-state index contributed by atoms with van der Waals surface area (Å²) in [5.41, 5.74) is 0.961. The number of carbonyl (C=O) groups excluding carboxylic acids is 1. The number of morpholine rings is 1. The zero-order valence-corrected chi connectivity index (χ0v) is 20.5.